The Morgan fingerprint density at radius 3 is 2.80 bits per heavy atom. The number of pyridine rings is 1. The highest BCUT2D eigenvalue weighted by atomic mass is 35.5. The molecule has 20 heavy (non-hydrogen) atoms. The molecule has 6 heteroatoms. The van der Waals surface area contributed by atoms with Gasteiger partial charge in [-0.05, 0) is 31.2 Å². The number of nitrogens with two attached hydrogens (primary N) is 1. The van der Waals surface area contributed by atoms with Gasteiger partial charge in [-0.3, -0.25) is 9.78 Å². The van der Waals surface area contributed by atoms with Gasteiger partial charge in [0.1, 0.15) is 4.99 Å². The summed E-state index contributed by atoms with van der Waals surface area (Å²) in [5.74, 6) is -0.280. The first-order valence-corrected chi connectivity index (χ1v) is 6.60. The zero-order valence-electron chi connectivity index (χ0n) is 10.7. The number of aryl methyl sites for hydroxylation is 1. The zero-order chi connectivity index (χ0) is 14.7. The predicted molar refractivity (Wildman–Crippen MR) is 84.3 cm³/mol. The third-order valence-corrected chi connectivity index (χ3v) is 3.32. The summed E-state index contributed by atoms with van der Waals surface area (Å²) in [5.41, 5.74) is 7.80. The maximum Gasteiger partial charge on any atom is 0.257 e. The minimum absolute atomic E-state index is 0.245. The molecular formula is C14H12ClN3OS. The van der Waals surface area contributed by atoms with Crippen molar-refractivity contribution in [2.75, 3.05) is 5.32 Å². The van der Waals surface area contributed by atoms with Crippen LogP contribution in [0.1, 0.15) is 21.6 Å². The van der Waals surface area contributed by atoms with Crippen molar-refractivity contribution in [1.82, 2.24) is 4.98 Å². The monoisotopic (exact) mass is 305 g/mol. The molecule has 2 rings (SSSR count). The van der Waals surface area contributed by atoms with Crippen molar-refractivity contribution >= 4 is 40.4 Å². The Kier molecular flexibility index (Phi) is 4.32. The topological polar surface area (TPSA) is 68.0 Å². The van der Waals surface area contributed by atoms with Gasteiger partial charge in [0.15, 0.2) is 0 Å². The molecule has 0 aliphatic rings. The molecule has 0 bridgehead atoms. The number of nitrogens with zero attached hydrogens (tertiary/aromatic N) is 1. The molecule has 0 aliphatic heterocycles. The standard InChI is InChI=1S/C14H12ClN3OS/c1-8-10(3-2-6-17-8)14(19)18-12-7-9(13(16)20)4-5-11(12)15/h2-7H,1H3,(H2,16,20)(H,18,19). The predicted octanol–water partition coefficient (Wildman–Crippen LogP) is 2.93. The van der Waals surface area contributed by atoms with Gasteiger partial charge >= 0.3 is 0 Å². The number of benzene rings is 1. The lowest BCUT2D eigenvalue weighted by Gasteiger charge is -2.10. The number of thiocarbonyl (C=S) groups is 1. The lowest BCUT2D eigenvalue weighted by atomic mass is 10.1. The van der Waals surface area contributed by atoms with Crippen LogP contribution in [0, 0.1) is 6.92 Å². The van der Waals surface area contributed by atoms with Gasteiger partial charge in [0, 0.05) is 17.5 Å². The summed E-state index contributed by atoms with van der Waals surface area (Å²) in [6.45, 7) is 1.77. The van der Waals surface area contributed by atoms with E-state index < -0.39 is 0 Å². The van der Waals surface area contributed by atoms with Gasteiger partial charge < -0.3 is 11.1 Å². The van der Waals surface area contributed by atoms with Crippen LogP contribution in [0.15, 0.2) is 36.5 Å². The first-order chi connectivity index (χ1) is 9.49. The Balaban J connectivity index is 2.30. The van der Waals surface area contributed by atoms with Gasteiger partial charge in [-0.25, -0.2) is 0 Å². The minimum Gasteiger partial charge on any atom is -0.389 e. The maximum atomic E-state index is 12.2. The van der Waals surface area contributed by atoms with Gasteiger partial charge in [0.25, 0.3) is 5.91 Å². The van der Waals surface area contributed by atoms with E-state index in [0.29, 0.717) is 27.5 Å². The summed E-state index contributed by atoms with van der Waals surface area (Å²) in [4.78, 5) is 16.5. The van der Waals surface area contributed by atoms with Crippen LogP contribution in [-0.4, -0.2) is 15.9 Å². The van der Waals surface area contributed by atoms with Crippen LogP contribution in [0.3, 0.4) is 0 Å². The molecule has 1 heterocycles. The number of hydrogen-bond donors (Lipinski definition) is 2. The van der Waals surface area contributed by atoms with Gasteiger partial charge in [-0.1, -0.05) is 29.9 Å². The molecule has 3 N–H and O–H groups in total. The molecule has 0 unspecified atom stereocenters. The van der Waals surface area contributed by atoms with Crippen LogP contribution in [0.5, 0.6) is 0 Å². The third kappa shape index (κ3) is 3.12. The Morgan fingerprint density at radius 2 is 2.15 bits per heavy atom. The molecule has 1 aromatic heterocycles. The van der Waals surface area contributed by atoms with E-state index >= 15 is 0 Å². The van der Waals surface area contributed by atoms with E-state index in [9.17, 15) is 4.79 Å². The SMILES string of the molecule is Cc1ncccc1C(=O)Nc1cc(C(N)=S)ccc1Cl. The van der Waals surface area contributed by atoms with Crippen molar-refractivity contribution in [3.05, 3.63) is 58.4 Å². The molecule has 2 aromatic rings. The molecule has 0 radical (unpaired) electrons. The van der Waals surface area contributed by atoms with E-state index in [1.54, 1.807) is 43.5 Å². The number of anilines is 1. The van der Waals surface area contributed by atoms with Crippen LogP contribution < -0.4 is 11.1 Å². The second-order valence-electron chi connectivity index (χ2n) is 4.15. The number of carbonyl (C=O) groups excluding carboxylic acids is 1. The van der Waals surface area contributed by atoms with Crippen LogP contribution in [0.4, 0.5) is 5.69 Å². The van der Waals surface area contributed by atoms with Gasteiger partial charge in [-0.2, -0.15) is 0 Å². The smallest absolute Gasteiger partial charge is 0.257 e. The lowest BCUT2D eigenvalue weighted by Crippen LogP contribution is -2.15. The number of amides is 1. The summed E-state index contributed by atoms with van der Waals surface area (Å²) in [6.07, 6.45) is 1.63. The number of carbonyl (C=O) groups is 1. The average Bonchev–Trinajstić information content (AvgIpc) is 2.41. The van der Waals surface area contributed by atoms with Crippen LogP contribution >= 0.6 is 23.8 Å². The molecule has 0 aliphatic carbocycles. The molecule has 0 saturated carbocycles. The molecule has 0 saturated heterocycles. The van der Waals surface area contributed by atoms with Gasteiger partial charge in [0.2, 0.25) is 0 Å². The maximum absolute atomic E-state index is 12.2. The number of halogens is 1. The Hall–Kier alpha value is -1.98. The van der Waals surface area contributed by atoms with E-state index in [1.807, 2.05) is 0 Å². The van der Waals surface area contributed by atoms with Crippen molar-refractivity contribution in [3.8, 4) is 0 Å². The Morgan fingerprint density at radius 1 is 1.40 bits per heavy atom. The van der Waals surface area contributed by atoms with Crippen LogP contribution in [-0.2, 0) is 0 Å². The normalized spacial score (nSPS) is 10.1. The zero-order valence-corrected chi connectivity index (χ0v) is 12.3. The number of rotatable bonds is 3. The summed E-state index contributed by atoms with van der Waals surface area (Å²) in [6, 6.07) is 8.39. The second kappa shape index (κ2) is 5.98. The number of nitrogens with one attached hydrogen (secondary N) is 1. The van der Waals surface area contributed by atoms with Crippen molar-refractivity contribution < 1.29 is 4.79 Å². The van der Waals surface area contributed by atoms with E-state index in [0.717, 1.165) is 0 Å². The second-order valence-corrected chi connectivity index (χ2v) is 5.00. The highest BCUT2D eigenvalue weighted by Gasteiger charge is 2.12. The van der Waals surface area contributed by atoms with E-state index in [1.165, 1.54) is 0 Å². The molecule has 0 fully saturated rings. The van der Waals surface area contributed by atoms with Gasteiger partial charge in [0.05, 0.1) is 16.3 Å². The van der Waals surface area contributed by atoms with Crippen molar-refractivity contribution in [2.24, 2.45) is 5.73 Å². The fraction of sp³-hybridized carbons (Fsp3) is 0.0714. The molecule has 0 spiro atoms. The number of hydrogen-bond acceptors (Lipinski definition) is 3. The first kappa shape index (κ1) is 14.4. The summed E-state index contributed by atoms with van der Waals surface area (Å²) < 4.78 is 0. The number of aromatic nitrogens is 1. The fourth-order valence-electron chi connectivity index (χ4n) is 1.69. The fourth-order valence-corrected chi connectivity index (χ4v) is 1.98. The molecule has 4 nitrogen and oxygen atoms in total. The average molecular weight is 306 g/mol. The Labute approximate surface area is 127 Å². The van der Waals surface area contributed by atoms with E-state index in [4.69, 9.17) is 29.6 Å². The minimum atomic E-state index is -0.280. The molecule has 102 valence electrons. The largest absolute Gasteiger partial charge is 0.389 e. The van der Waals surface area contributed by atoms with E-state index in [2.05, 4.69) is 10.3 Å². The highest BCUT2D eigenvalue weighted by molar-refractivity contribution is 7.80. The quantitative estimate of drug-likeness (QED) is 0.856. The Bertz CT molecular complexity index is 688. The summed E-state index contributed by atoms with van der Waals surface area (Å²) in [7, 11) is 0. The van der Waals surface area contributed by atoms with Crippen LogP contribution in [0.25, 0.3) is 0 Å². The summed E-state index contributed by atoms with van der Waals surface area (Å²) in [5, 5.41) is 3.15. The summed E-state index contributed by atoms with van der Waals surface area (Å²) >= 11 is 11.0. The van der Waals surface area contributed by atoms with E-state index in [-0.39, 0.29) is 10.9 Å². The third-order valence-electron chi connectivity index (χ3n) is 2.75. The van der Waals surface area contributed by atoms with Gasteiger partial charge in [-0.15, -0.1) is 0 Å². The lowest BCUT2D eigenvalue weighted by molar-refractivity contribution is 0.102. The highest BCUT2D eigenvalue weighted by Crippen LogP contribution is 2.24. The molecule has 0 atom stereocenters. The van der Waals surface area contributed by atoms with Crippen molar-refractivity contribution in [2.45, 2.75) is 6.92 Å². The molecule has 1 amide bonds. The van der Waals surface area contributed by atoms with Crippen molar-refractivity contribution in [1.29, 1.82) is 0 Å². The van der Waals surface area contributed by atoms with Crippen molar-refractivity contribution in [3.63, 3.8) is 0 Å². The first-order valence-electron chi connectivity index (χ1n) is 5.81. The van der Waals surface area contributed by atoms with Crippen LogP contribution in [0.2, 0.25) is 5.02 Å². The molecule has 1 aromatic carbocycles. The molecular weight excluding hydrogens is 294 g/mol.